The van der Waals surface area contributed by atoms with Crippen LogP contribution in [0.2, 0.25) is 0 Å². The number of aromatic nitrogens is 4. The van der Waals surface area contributed by atoms with Gasteiger partial charge in [-0.1, -0.05) is 0 Å². The molecular weight excluding hydrogens is 337 g/mol. The lowest BCUT2D eigenvalue weighted by Crippen LogP contribution is -2.58. The maximum absolute atomic E-state index is 14.4. The van der Waals surface area contributed by atoms with Crippen molar-refractivity contribution < 1.29 is 9.18 Å². The number of aromatic amines is 1. The molecule has 0 spiro atoms. The third-order valence-electron chi connectivity index (χ3n) is 4.87. The molecule has 0 aliphatic carbocycles. The van der Waals surface area contributed by atoms with E-state index in [2.05, 4.69) is 20.2 Å². The Bertz CT molecular complexity index is 978. The van der Waals surface area contributed by atoms with Crippen molar-refractivity contribution in [2.24, 2.45) is 11.5 Å². The summed E-state index contributed by atoms with van der Waals surface area (Å²) in [5.41, 5.74) is 11.6. The van der Waals surface area contributed by atoms with Gasteiger partial charge in [0.25, 0.3) is 0 Å². The second kappa shape index (κ2) is 6.03. The number of anilines is 1. The van der Waals surface area contributed by atoms with Crippen LogP contribution in [0, 0.1) is 5.82 Å². The molecule has 134 valence electrons. The molecule has 0 unspecified atom stereocenters. The molecule has 0 bridgehead atoms. The lowest BCUT2D eigenvalue weighted by atomic mass is 9.88. The summed E-state index contributed by atoms with van der Waals surface area (Å²) < 4.78 is 14.4. The summed E-state index contributed by atoms with van der Waals surface area (Å²) in [5.74, 6) is -0.341. The summed E-state index contributed by atoms with van der Waals surface area (Å²) in [6, 6.07) is 6.56. The lowest BCUT2D eigenvalue weighted by Gasteiger charge is -2.37. The second-order valence-electron chi connectivity index (χ2n) is 6.48. The molecule has 0 atom stereocenters. The van der Waals surface area contributed by atoms with E-state index in [0.29, 0.717) is 48.5 Å². The van der Waals surface area contributed by atoms with E-state index in [-0.39, 0.29) is 5.69 Å². The molecule has 1 saturated heterocycles. The molecule has 0 radical (unpaired) electrons. The molecule has 5 N–H and O–H groups in total. The Balaban J connectivity index is 1.67. The van der Waals surface area contributed by atoms with Crippen molar-refractivity contribution in [3.63, 3.8) is 0 Å². The Morgan fingerprint density at radius 1 is 1.27 bits per heavy atom. The zero-order chi connectivity index (χ0) is 18.3. The molecule has 3 aromatic heterocycles. The maximum Gasteiger partial charge on any atom is 0.237 e. The van der Waals surface area contributed by atoms with E-state index in [1.54, 1.807) is 18.3 Å². The Morgan fingerprint density at radius 3 is 2.77 bits per heavy atom. The van der Waals surface area contributed by atoms with Gasteiger partial charge in [0.1, 0.15) is 11.5 Å². The standard InChI is InChI=1S/C17H18FN7O/c18-11-3-4-12(25-8-5-17(20,6-9-25)16(19)26)22-14(11)13-10-2-1-7-21-15(10)24-23-13/h1-4,7H,5-6,8-9,20H2,(H2,19,26)(H,21,23,24). The minimum Gasteiger partial charge on any atom is -0.368 e. The number of carbonyl (C=O) groups excluding carboxylic acids is 1. The molecule has 0 saturated carbocycles. The van der Waals surface area contributed by atoms with Crippen LogP contribution in [0.25, 0.3) is 22.4 Å². The number of nitrogens with two attached hydrogens (primary N) is 2. The van der Waals surface area contributed by atoms with Crippen molar-refractivity contribution >= 4 is 22.8 Å². The molecule has 1 aliphatic rings. The Labute approximate surface area is 148 Å². The number of hydrogen-bond donors (Lipinski definition) is 3. The van der Waals surface area contributed by atoms with Crippen LogP contribution in [0.1, 0.15) is 12.8 Å². The molecule has 0 aromatic carbocycles. The van der Waals surface area contributed by atoms with E-state index in [9.17, 15) is 9.18 Å². The van der Waals surface area contributed by atoms with Crippen molar-refractivity contribution in [1.82, 2.24) is 20.2 Å². The first-order valence-corrected chi connectivity index (χ1v) is 8.28. The normalized spacial score (nSPS) is 16.8. The van der Waals surface area contributed by atoms with Crippen LogP contribution in [-0.4, -0.2) is 44.7 Å². The molecule has 4 heterocycles. The molecule has 1 amide bonds. The highest BCUT2D eigenvalue weighted by atomic mass is 19.1. The number of H-pyrrole nitrogens is 1. The third kappa shape index (κ3) is 2.66. The van der Waals surface area contributed by atoms with Crippen LogP contribution in [0.4, 0.5) is 10.2 Å². The average Bonchev–Trinajstić information content (AvgIpc) is 3.07. The Hall–Kier alpha value is -3.07. The van der Waals surface area contributed by atoms with Crippen LogP contribution in [0.3, 0.4) is 0 Å². The first-order chi connectivity index (χ1) is 12.5. The molecule has 1 aliphatic heterocycles. The van der Waals surface area contributed by atoms with Crippen molar-refractivity contribution in [3.05, 3.63) is 36.3 Å². The van der Waals surface area contributed by atoms with E-state index >= 15 is 0 Å². The van der Waals surface area contributed by atoms with E-state index in [0.717, 1.165) is 0 Å². The van der Waals surface area contributed by atoms with Crippen molar-refractivity contribution in [1.29, 1.82) is 0 Å². The van der Waals surface area contributed by atoms with Gasteiger partial charge >= 0.3 is 0 Å². The van der Waals surface area contributed by atoms with Gasteiger partial charge < -0.3 is 16.4 Å². The highest BCUT2D eigenvalue weighted by Crippen LogP contribution is 2.29. The number of hydrogen-bond acceptors (Lipinski definition) is 6. The molecule has 4 rings (SSSR count). The Kier molecular flexibility index (Phi) is 3.80. The number of piperidine rings is 1. The first kappa shape index (κ1) is 16.4. The summed E-state index contributed by atoms with van der Waals surface area (Å²) >= 11 is 0. The fourth-order valence-electron chi connectivity index (χ4n) is 3.20. The van der Waals surface area contributed by atoms with Gasteiger partial charge in [0, 0.05) is 24.7 Å². The zero-order valence-electron chi connectivity index (χ0n) is 13.9. The summed E-state index contributed by atoms with van der Waals surface area (Å²) in [7, 11) is 0. The number of nitrogens with one attached hydrogen (secondary N) is 1. The fourth-order valence-corrected chi connectivity index (χ4v) is 3.20. The van der Waals surface area contributed by atoms with E-state index in [4.69, 9.17) is 11.5 Å². The summed E-state index contributed by atoms with van der Waals surface area (Å²) in [6.07, 6.45) is 2.47. The zero-order valence-corrected chi connectivity index (χ0v) is 13.9. The van der Waals surface area contributed by atoms with Crippen molar-refractivity contribution in [2.45, 2.75) is 18.4 Å². The number of carbonyl (C=O) groups is 1. The highest BCUT2D eigenvalue weighted by Gasteiger charge is 2.36. The Morgan fingerprint density at radius 2 is 2.04 bits per heavy atom. The van der Waals surface area contributed by atoms with Gasteiger partial charge in [0.2, 0.25) is 5.91 Å². The second-order valence-corrected chi connectivity index (χ2v) is 6.48. The van der Waals surface area contributed by atoms with Crippen molar-refractivity contribution in [2.75, 3.05) is 18.0 Å². The summed E-state index contributed by atoms with van der Waals surface area (Å²) in [6.45, 7) is 1.03. The van der Waals surface area contributed by atoms with E-state index < -0.39 is 17.3 Å². The number of amides is 1. The molecule has 1 fully saturated rings. The topological polar surface area (TPSA) is 127 Å². The van der Waals surface area contributed by atoms with Gasteiger partial charge in [-0.25, -0.2) is 14.4 Å². The predicted octanol–water partition coefficient (Wildman–Crippen LogP) is 0.942. The average molecular weight is 355 g/mol. The van der Waals surface area contributed by atoms with E-state index in [1.165, 1.54) is 6.07 Å². The molecule has 26 heavy (non-hydrogen) atoms. The largest absolute Gasteiger partial charge is 0.368 e. The summed E-state index contributed by atoms with van der Waals surface area (Å²) in [4.78, 5) is 22.1. The smallest absolute Gasteiger partial charge is 0.237 e. The van der Waals surface area contributed by atoms with Crippen molar-refractivity contribution in [3.8, 4) is 11.4 Å². The van der Waals surface area contributed by atoms with Crippen LogP contribution in [0.15, 0.2) is 30.5 Å². The minimum absolute atomic E-state index is 0.178. The van der Waals surface area contributed by atoms with E-state index in [1.807, 2.05) is 11.0 Å². The third-order valence-corrected chi connectivity index (χ3v) is 4.87. The van der Waals surface area contributed by atoms with Crippen LogP contribution in [0.5, 0.6) is 0 Å². The van der Waals surface area contributed by atoms with Gasteiger partial charge in [0.15, 0.2) is 11.5 Å². The quantitative estimate of drug-likeness (QED) is 0.642. The molecule has 3 aromatic rings. The van der Waals surface area contributed by atoms with Gasteiger partial charge in [-0.15, -0.1) is 0 Å². The number of primary amides is 1. The SMILES string of the molecule is NC(=O)C1(N)CCN(c2ccc(F)c(-c3[nH]nc4ncccc34)n2)CC1. The monoisotopic (exact) mass is 355 g/mol. The van der Waals surface area contributed by atoms with Crippen LogP contribution < -0.4 is 16.4 Å². The number of rotatable bonds is 3. The summed E-state index contributed by atoms with van der Waals surface area (Å²) in [5, 5.41) is 7.61. The molecule has 8 nitrogen and oxygen atoms in total. The number of nitrogens with zero attached hydrogens (tertiary/aromatic N) is 4. The first-order valence-electron chi connectivity index (χ1n) is 8.28. The number of pyridine rings is 2. The van der Waals surface area contributed by atoms with Gasteiger partial charge in [-0.3, -0.25) is 9.89 Å². The molecule has 9 heteroatoms. The van der Waals surface area contributed by atoms with Gasteiger partial charge in [-0.05, 0) is 37.1 Å². The number of halogens is 1. The van der Waals surface area contributed by atoms with Crippen LogP contribution in [-0.2, 0) is 4.79 Å². The highest BCUT2D eigenvalue weighted by molar-refractivity contribution is 5.89. The van der Waals surface area contributed by atoms with Crippen LogP contribution >= 0.6 is 0 Å². The minimum atomic E-state index is -0.995. The predicted molar refractivity (Wildman–Crippen MR) is 94.6 cm³/mol. The van der Waals surface area contributed by atoms with Gasteiger partial charge in [0.05, 0.1) is 11.2 Å². The number of fused-ring (bicyclic) bond motifs is 1. The fraction of sp³-hybridized carbons (Fsp3) is 0.294. The van der Waals surface area contributed by atoms with Gasteiger partial charge in [-0.2, -0.15) is 5.10 Å². The molecular formula is C17H18FN7O. The lowest BCUT2D eigenvalue weighted by molar-refractivity contribution is -0.123. The maximum atomic E-state index is 14.4.